The summed E-state index contributed by atoms with van der Waals surface area (Å²) in [5, 5.41) is 0. The lowest BCUT2D eigenvalue weighted by Crippen LogP contribution is -2.30. The van der Waals surface area contributed by atoms with Crippen LogP contribution in [0.4, 0.5) is 0 Å². The van der Waals surface area contributed by atoms with Crippen LogP contribution in [0.2, 0.25) is 0 Å². The Balaban J connectivity index is 4.28. The second kappa shape index (κ2) is 68.3. The first kappa shape index (κ1) is 76.8. The van der Waals surface area contributed by atoms with Crippen molar-refractivity contribution in [3.63, 3.8) is 0 Å². The van der Waals surface area contributed by atoms with E-state index < -0.39 is 12.1 Å². The number of allylic oxidation sites excluding steroid dienone is 19. The van der Waals surface area contributed by atoms with Crippen molar-refractivity contribution in [3.05, 3.63) is 122 Å². The van der Waals surface area contributed by atoms with E-state index in [1.807, 2.05) is 6.08 Å². The third-order valence-corrected chi connectivity index (χ3v) is 14.5. The summed E-state index contributed by atoms with van der Waals surface area (Å²) in [5.41, 5.74) is 0. The van der Waals surface area contributed by atoms with Crippen LogP contribution in [0.25, 0.3) is 0 Å². The molecule has 0 aromatic rings. The van der Waals surface area contributed by atoms with E-state index in [-0.39, 0.29) is 31.6 Å². The van der Waals surface area contributed by atoms with Gasteiger partial charge in [-0.3, -0.25) is 14.4 Å². The first-order valence-corrected chi connectivity index (χ1v) is 34.0. The highest BCUT2D eigenvalue weighted by molar-refractivity contribution is 5.72. The Bertz CT molecular complexity index is 1670. The maximum absolute atomic E-state index is 12.9. The topological polar surface area (TPSA) is 78.9 Å². The van der Waals surface area contributed by atoms with E-state index in [0.717, 1.165) is 96.3 Å². The van der Waals surface area contributed by atoms with Crippen LogP contribution in [0.5, 0.6) is 0 Å². The fourth-order valence-corrected chi connectivity index (χ4v) is 9.45. The van der Waals surface area contributed by atoms with Gasteiger partial charge in [0.05, 0.1) is 6.42 Å². The van der Waals surface area contributed by atoms with Crippen LogP contribution in [0, 0.1) is 0 Å². The first-order chi connectivity index (χ1) is 40.0. The molecule has 0 aliphatic heterocycles. The van der Waals surface area contributed by atoms with Crippen molar-refractivity contribution >= 4 is 17.9 Å². The van der Waals surface area contributed by atoms with E-state index >= 15 is 0 Å². The van der Waals surface area contributed by atoms with Gasteiger partial charge in [-0.15, -0.1) is 0 Å². The van der Waals surface area contributed by atoms with E-state index in [1.165, 1.54) is 180 Å². The number of rotatable bonds is 61. The van der Waals surface area contributed by atoms with E-state index in [0.29, 0.717) is 12.8 Å². The maximum Gasteiger partial charge on any atom is 0.309 e. The van der Waals surface area contributed by atoms with Crippen molar-refractivity contribution in [2.45, 2.75) is 322 Å². The molecule has 0 aromatic heterocycles. The second-order valence-corrected chi connectivity index (χ2v) is 22.3. The molecule has 0 bridgehead atoms. The molecule has 0 amide bonds. The average Bonchev–Trinajstić information content (AvgIpc) is 3.47. The number of hydrogen-bond acceptors (Lipinski definition) is 6. The van der Waals surface area contributed by atoms with Gasteiger partial charge in [-0.05, 0) is 109 Å². The van der Waals surface area contributed by atoms with Crippen molar-refractivity contribution in [1.82, 2.24) is 0 Å². The number of carbonyl (C=O) groups is 3. The van der Waals surface area contributed by atoms with Crippen molar-refractivity contribution in [2.24, 2.45) is 0 Å². The van der Waals surface area contributed by atoms with Gasteiger partial charge in [0.2, 0.25) is 0 Å². The summed E-state index contributed by atoms with van der Waals surface area (Å²) < 4.78 is 16.8. The van der Waals surface area contributed by atoms with Crippen LogP contribution >= 0.6 is 0 Å². The summed E-state index contributed by atoms with van der Waals surface area (Å²) in [6, 6.07) is 0. The minimum atomic E-state index is -0.822. The molecule has 0 radical (unpaired) electrons. The zero-order chi connectivity index (χ0) is 58.5. The van der Waals surface area contributed by atoms with E-state index in [2.05, 4.69) is 130 Å². The van der Waals surface area contributed by atoms with Crippen molar-refractivity contribution < 1.29 is 28.6 Å². The molecule has 0 saturated heterocycles. The summed E-state index contributed by atoms with van der Waals surface area (Å²) in [4.78, 5) is 38.3. The van der Waals surface area contributed by atoms with Gasteiger partial charge in [0.25, 0.3) is 0 Å². The summed E-state index contributed by atoms with van der Waals surface area (Å²) in [7, 11) is 0. The molecule has 462 valence electrons. The van der Waals surface area contributed by atoms with Gasteiger partial charge in [0, 0.05) is 12.8 Å². The molecule has 0 rings (SSSR count). The summed E-state index contributed by atoms with van der Waals surface area (Å²) >= 11 is 0. The van der Waals surface area contributed by atoms with Gasteiger partial charge in [0.15, 0.2) is 6.10 Å². The van der Waals surface area contributed by atoms with Crippen molar-refractivity contribution in [1.29, 1.82) is 0 Å². The molecule has 0 saturated carbocycles. The fourth-order valence-electron chi connectivity index (χ4n) is 9.45. The Hall–Kier alpha value is -4.19. The van der Waals surface area contributed by atoms with Crippen LogP contribution in [0.3, 0.4) is 0 Å². The Labute approximate surface area is 501 Å². The highest BCUT2D eigenvalue weighted by atomic mass is 16.6. The normalized spacial score (nSPS) is 12.9. The minimum Gasteiger partial charge on any atom is -0.462 e. The zero-order valence-electron chi connectivity index (χ0n) is 53.0. The molecule has 1 unspecified atom stereocenters. The molecule has 0 aliphatic carbocycles. The number of hydrogen-bond donors (Lipinski definition) is 0. The monoisotopic (exact) mass is 1120 g/mol. The lowest BCUT2D eigenvalue weighted by atomic mass is 10.0. The van der Waals surface area contributed by atoms with Gasteiger partial charge in [0.1, 0.15) is 13.2 Å². The molecule has 0 aliphatic rings. The lowest BCUT2D eigenvalue weighted by Gasteiger charge is -2.18. The number of carbonyl (C=O) groups excluding carboxylic acids is 3. The first-order valence-electron chi connectivity index (χ1n) is 34.0. The number of ether oxygens (including phenoxy) is 3. The largest absolute Gasteiger partial charge is 0.462 e. The molecule has 0 spiro atoms. The Morgan fingerprint density at radius 2 is 0.531 bits per heavy atom. The van der Waals surface area contributed by atoms with Crippen LogP contribution in [0.1, 0.15) is 316 Å². The summed E-state index contributed by atoms with van der Waals surface area (Å²) in [6.07, 6.45) is 95.4. The molecule has 81 heavy (non-hydrogen) atoms. The Kier molecular flexibility index (Phi) is 64.8. The molecular weight excluding hydrogens is 997 g/mol. The molecule has 0 fully saturated rings. The molecule has 0 N–H and O–H groups in total. The summed E-state index contributed by atoms with van der Waals surface area (Å²) in [6.45, 7) is 6.34. The Morgan fingerprint density at radius 3 is 0.877 bits per heavy atom. The molecular formula is C75H126O6. The minimum absolute atomic E-state index is 0.109. The van der Waals surface area contributed by atoms with E-state index in [1.54, 1.807) is 6.08 Å². The lowest BCUT2D eigenvalue weighted by molar-refractivity contribution is -0.166. The SMILES string of the molecule is CC/C=C\C/C=C\C/C=C\C/C=C\C/C=C\CC(=O)OCC(COC(=O)CCCCCCCCCCCCCCCCCCCC/C=C\C/C=C\C/C=C\C/C=C\CC)OC(=O)CCCCCCCCC/C=C\CCCCCCCC. The number of unbranched alkanes of at least 4 members (excludes halogenated alkanes) is 31. The van der Waals surface area contributed by atoms with Gasteiger partial charge in [-0.1, -0.05) is 309 Å². The fraction of sp³-hybridized carbons (Fsp3) is 0.693. The smallest absolute Gasteiger partial charge is 0.309 e. The maximum atomic E-state index is 12.9. The second-order valence-electron chi connectivity index (χ2n) is 22.3. The van der Waals surface area contributed by atoms with Crippen LogP contribution in [-0.4, -0.2) is 37.2 Å². The van der Waals surface area contributed by atoms with Crippen LogP contribution in [0.15, 0.2) is 122 Å². The van der Waals surface area contributed by atoms with Gasteiger partial charge in [-0.2, -0.15) is 0 Å². The van der Waals surface area contributed by atoms with Crippen LogP contribution < -0.4 is 0 Å². The molecule has 0 heterocycles. The van der Waals surface area contributed by atoms with Gasteiger partial charge < -0.3 is 14.2 Å². The van der Waals surface area contributed by atoms with Gasteiger partial charge >= 0.3 is 17.9 Å². The van der Waals surface area contributed by atoms with Crippen LogP contribution in [-0.2, 0) is 28.6 Å². The Morgan fingerprint density at radius 1 is 0.272 bits per heavy atom. The average molecular weight is 1120 g/mol. The highest BCUT2D eigenvalue weighted by Crippen LogP contribution is 2.17. The highest BCUT2D eigenvalue weighted by Gasteiger charge is 2.19. The third-order valence-electron chi connectivity index (χ3n) is 14.5. The number of esters is 3. The van der Waals surface area contributed by atoms with E-state index in [4.69, 9.17) is 14.2 Å². The predicted molar refractivity (Wildman–Crippen MR) is 353 cm³/mol. The summed E-state index contributed by atoms with van der Waals surface area (Å²) in [5.74, 6) is -1.04. The van der Waals surface area contributed by atoms with Gasteiger partial charge in [-0.25, -0.2) is 0 Å². The zero-order valence-corrected chi connectivity index (χ0v) is 53.0. The van der Waals surface area contributed by atoms with E-state index in [9.17, 15) is 14.4 Å². The third kappa shape index (κ3) is 66.5. The van der Waals surface area contributed by atoms with Crippen molar-refractivity contribution in [2.75, 3.05) is 13.2 Å². The molecule has 0 aromatic carbocycles. The molecule has 1 atom stereocenters. The standard InChI is InChI=1S/C75H126O6/c1-4-7-10-13-16-19-22-25-28-30-31-32-33-34-35-36-37-38-39-40-41-42-43-45-47-50-53-56-59-62-65-68-74(77)80-71-72(70-79-73(76)67-64-61-58-55-52-49-46-27-24-21-18-15-12-9-6-3)81-75(78)69-66-63-60-57-54-51-48-44-29-26-23-20-17-14-11-8-5-2/h7,9-10,12,16,18-19,21,25-29,31-32,46,52,55,61,64,72H,4-6,8,11,13-15,17,20,22-24,30,33-45,47-51,53-54,56-60,62-63,65-71H2,1-3H3/b10-7-,12-9-,19-16-,21-18-,28-25-,29-26-,32-31-,46-27-,55-52-,64-61-. The molecule has 6 nitrogen and oxygen atoms in total. The molecule has 6 heteroatoms. The predicted octanol–water partition coefficient (Wildman–Crippen LogP) is 23.6. The quantitative estimate of drug-likeness (QED) is 0.0261. The van der Waals surface area contributed by atoms with Crippen molar-refractivity contribution in [3.8, 4) is 0 Å².